The number of sulfone groups is 1. The van der Waals surface area contributed by atoms with Crippen LogP contribution in [0.4, 0.5) is 0 Å². The van der Waals surface area contributed by atoms with Crippen LogP contribution < -0.4 is 0 Å². The van der Waals surface area contributed by atoms with Gasteiger partial charge in [0.05, 0.1) is 22.8 Å². The fourth-order valence-corrected chi connectivity index (χ4v) is 4.76. The lowest BCUT2D eigenvalue weighted by atomic mass is 9.81. The van der Waals surface area contributed by atoms with Crippen molar-refractivity contribution in [3.8, 4) is 0 Å². The van der Waals surface area contributed by atoms with E-state index in [1.54, 1.807) is 49.4 Å². The molecular formula is C20H22O4S. The highest BCUT2D eigenvalue weighted by molar-refractivity contribution is 7.91. The second-order valence-electron chi connectivity index (χ2n) is 6.28. The quantitative estimate of drug-likeness (QED) is 0.761. The van der Waals surface area contributed by atoms with Crippen LogP contribution in [-0.2, 0) is 25.8 Å². The van der Waals surface area contributed by atoms with Gasteiger partial charge in [-0.15, -0.1) is 0 Å². The molecular weight excluding hydrogens is 336 g/mol. The van der Waals surface area contributed by atoms with Crippen LogP contribution in [0.1, 0.15) is 43.2 Å². The van der Waals surface area contributed by atoms with Gasteiger partial charge in [-0.3, -0.25) is 4.79 Å². The van der Waals surface area contributed by atoms with E-state index in [-0.39, 0.29) is 11.9 Å². The Morgan fingerprint density at radius 3 is 2.60 bits per heavy atom. The number of carbonyl (C=O) groups excluding carboxylic acids is 1. The number of hydrogen-bond acceptors (Lipinski definition) is 4. The molecule has 0 aromatic heterocycles. The maximum atomic E-state index is 12.8. The summed E-state index contributed by atoms with van der Waals surface area (Å²) in [6.45, 7) is 2.18. The van der Waals surface area contributed by atoms with Crippen molar-refractivity contribution in [2.75, 3.05) is 6.61 Å². The van der Waals surface area contributed by atoms with Gasteiger partial charge >= 0.3 is 5.97 Å². The first-order valence-corrected chi connectivity index (χ1v) is 10.1. The number of carbonyl (C=O) groups is 1. The number of aryl methyl sites for hydroxylation is 1. The van der Waals surface area contributed by atoms with Gasteiger partial charge < -0.3 is 4.74 Å². The summed E-state index contributed by atoms with van der Waals surface area (Å²) < 4.78 is 30.6. The van der Waals surface area contributed by atoms with Crippen molar-refractivity contribution in [1.29, 1.82) is 0 Å². The molecule has 0 unspecified atom stereocenters. The minimum absolute atomic E-state index is 0.108. The SMILES string of the molecule is CCOC(=O)C[C@@H]1CCCc2cc(S(=O)(=O)c3ccccc3)ccc21. The summed E-state index contributed by atoms with van der Waals surface area (Å²) in [5.41, 5.74) is 2.10. The molecule has 5 heteroatoms. The predicted octanol–water partition coefficient (Wildman–Crippen LogP) is 3.89. The molecule has 1 aliphatic carbocycles. The van der Waals surface area contributed by atoms with Crippen LogP contribution in [0.15, 0.2) is 58.3 Å². The zero-order valence-corrected chi connectivity index (χ0v) is 15.1. The second-order valence-corrected chi connectivity index (χ2v) is 8.23. The molecule has 0 spiro atoms. The molecule has 0 amide bonds. The molecule has 0 N–H and O–H groups in total. The lowest BCUT2D eigenvalue weighted by molar-refractivity contribution is -0.143. The van der Waals surface area contributed by atoms with Crippen molar-refractivity contribution in [3.63, 3.8) is 0 Å². The first kappa shape index (κ1) is 17.7. The van der Waals surface area contributed by atoms with Gasteiger partial charge in [0.15, 0.2) is 0 Å². The molecule has 0 bridgehead atoms. The van der Waals surface area contributed by atoms with Gasteiger partial charge in [0.25, 0.3) is 0 Å². The van der Waals surface area contributed by atoms with E-state index in [0.717, 1.165) is 30.4 Å². The van der Waals surface area contributed by atoms with Crippen molar-refractivity contribution in [1.82, 2.24) is 0 Å². The summed E-state index contributed by atoms with van der Waals surface area (Å²) in [5.74, 6) is -0.0855. The summed E-state index contributed by atoms with van der Waals surface area (Å²) in [4.78, 5) is 12.4. The van der Waals surface area contributed by atoms with E-state index in [2.05, 4.69) is 0 Å². The van der Waals surface area contributed by atoms with Gasteiger partial charge in [0, 0.05) is 0 Å². The van der Waals surface area contributed by atoms with Gasteiger partial charge in [-0.05, 0) is 67.5 Å². The number of ether oxygens (including phenoxy) is 1. The zero-order valence-electron chi connectivity index (χ0n) is 14.3. The summed E-state index contributed by atoms with van der Waals surface area (Å²) in [5, 5.41) is 0. The van der Waals surface area contributed by atoms with Gasteiger partial charge in [0.2, 0.25) is 9.84 Å². The molecule has 2 aromatic rings. The predicted molar refractivity (Wildman–Crippen MR) is 95.3 cm³/mol. The molecule has 0 aliphatic heterocycles. The van der Waals surface area contributed by atoms with Crippen LogP contribution in [0.3, 0.4) is 0 Å². The molecule has 0 saturated heterocycles. The van der Waals surface area contributed by atoms with Gasteiger partial charge in [-0.1, -0.05) is 24.3 Å². The van der Waals surface area contributed by atoms with E-state index >= 15 is 0 Å². The minimum Gasteiger partial charge on any atom is -0.466 e. The fraction of sp³-hybridized carbons (Fsp3) is 0.350. The van der Waals surface area contributed by atoms with Crippen LogP contribution in [0.5, 0.6) is 0 Å². The molecule has 0 radical (unpaired) electrons. The molecule has 1 atom stereocenters. The summed E-state index contributed by atoms with van der Waals surface area (Å²) in [6, 6.07) is 13.8. The van der Waals surface area contributed by atoms with Crippen LogP contribution >= 0.6 is 0 Å². The highest BCUT2D eigenvalue weighted by Crippen LogP contribution is 2.36. The number of esters is 1. The average Bonchev–Trinajstić information content (AvgIpc) is 2.62. The normalized spacial score (nSPS) is 16.9. The highest BCUT2D eigenvalue weighted by Gasteiger charge is 2.26. The van der Waals surface area contributed by atoms with Crippen molar-refractivity contribution < 1.29 is 17.9 Å². The Bertz CT molecular complexity index is 857. The lowest BCUT2D eigenvalue weighted by Crippen LogP contribution is -2.16. The minimum atomic E-state index is -3.51. The molecule has 2 aromatic carbocycles. The molecule has 132 valence electrons. The number of hydrogen-bond donors (Lipinski definition) is 0. The first-order chi connectivity index (χ1) is 12.0. The Balaban J connectivity index is 1.91. The van der Waals surface area contributed by atoms with E-state index in [9.17, 15) is 13.2 Å². The van der Waals surface area contributed by atoms with E-state index in [1.807, 2.05) is 6.07 Å². The molecule has 0 fully saturated rings. The van der Waals surface area contributed by atoms with Crippen molar-refractivity contribution >= 4 is 15.8 Å². The Labute approximate surface area is 148 Å². The third-order valence-electron chi connectivity index (χ3n) is 4.64. The molecule has 1 aliphatic rings. The lowest BCUT2D eigenvalue weighted by Gasteiger charge is -2.25. The van der Waals surface area contributed by atoms with E-state index in [4.69, 9.17) is 4.74 Å². The highest BCUT2D eigenvalue weighted by atomic mass is 32.2. The van der Waals surface area contributed by atoms with Gasteiger partial charge in [-0.2, -0.15) is 0 Å². The fourth-order valence-electron chi connectivity index (χ4n) is 3.43. The van der Waals surface area contributed by atoms with Crippen LogP contribution in [0.25, 0.3) is 0 Å². The smallest absolute Gasteiger partial charge is 0.306 e. The summed E-state index contributed by atoms with van der Waals surface area (Å²) in [6.07, 6.45) is 3.07. The largest absolute Gasteiger partial charge is 0.466 e. The summed E-state index contributed by atoms with van der Waals surface area (Å²) in [7, 11) is -3.51. The number of rotatable bonds is 5. The Kier molecular flexibility index (Phi) is 5.23. The van der Waals surface area contributed by atoms with Crippen molar-refractivity contribution in [2.24, 2.45) is 0 Å². The first-order valence-electron chi connectivity index (χ1n) is 8.61. The second kappa shape index (κ2) is 7.40. The van der Waals surface area contributed by atoms with Crippen molar-refractivity contribution in [3.05, 3.63) is 59.7 Å². The number of fused-ring (bicyclic) bond motifs is 1. The van der Waals surface area contributed by atoms with E-state index in [1.165, 1.54) is 0 Å². The Morgan fingerprint density at radius 2 is 1.88 bits per heavy atom. The molecule has 4 nitrogen and oxygen atoms in total. The van der Waals surface area contributed by atoms with Gasteiger partial charge in [0.1, 0.15) is 0 Å². The topological polar surface area (TPSA) is 60.4 Å². The Morgan fingerprint density at radius 1 is 1.12 bits per heavy atom. The molecule has 0 saturated carbocycles. The van der Waals surface area contributed by atoms with Crippen LogP contribution in [0.2, 0.25) is 0 Å². The maximum Gasteiger partial charge on any atom is 0.306 e. The standard InChI is InChI=1S/C20H22O4S/c1-2-24-20(21)14-16-8-6-7-15-13-18(11-12-19(15)16)25(22,23)17-9-4-3-5-10-17/h3-5,9-13,16H,2,6-8,14H2,1H3/t16-/m0/s1. The number of benzene rings is 2. The van der Waals surface area contributed by atoms with Crippen LogP contribution in [-0.4, -0.2) is 21.0 Å². The Hall–Kier alpha value is -2.14. The average molecular weight is 358 g/mol. The third-order valence-corrected chi connectivity index (χ3v) is 6.40. The molecule has 3 rings (SSSR count). The van der Waals surface area contributed by atoms with Crippen molar-refractivity contribution in [2.45, 2.75) is 48.3 Å². The van der Waals surface area contributed by atoms with Gasteiger partial charge in [-0.25, -0.2) is 8.42 Å². The summed E-state index contributed by atoms with van der Waals surface area (Å²) >= 11 is 0. The maximum absolute atomic E-state index is 12.8. The van der Waals surface area contributed by atoms with Crippen LogP contribution in [0, 0.1) is 0 Å². The zero-order chi connectivity index (χ0) is 17.9. The molecule has 25 heavy (non-hydrogen) atoms. The molecule has 0 heterocycles. The monoisotopic (exact) mass is 358 g/mol. The van der Waals surface area contributed by atoms with E-state index in [0.29, 0.717) is 22.8 Å². The third kappa shape index (κ3) is 3.76. The van der Waals surface area contributed by atoms with E-state index < -0.39 is 9.84 Å².